The van der Waals surface area contributed by atoms with Gasteiger partial charge in [0.15, 0.2) is 11.5 Å². The maximum absolute atomic E-state index is 12.8. The van der Waals surface area contributed by atoms with Crippen LogP contribution in [0.4, 0.5) is 5.69 Å². The number of nitrogens with one attached hydrogen (secondary N) is 2. The van der Waals surface area contributed by atoms with Gasteiger partial charge < -0.3 is 25.0 Å². The lowest BCUT2D eigenvalue weighted by Crippen LogP contribution is -2.49. The Morgan fingerprint density at radius 1 is 1.22 bits per heavy atom. The molecule has 0 aliphatic carbocycles. The molecule has 0 aromatic heterocycles. The Labute approximate surface area is 165 Å². The molecule has 0 saturated carbocycles. The van der Waals surface area contributed by atoms with Gasteiger partial charge in [0.05, 0.1) is 0 Å². The lowest BCUT2D eigenvalue weighted by atomic mass is 9.99. The van der Waals surface area contributed by atoms with Crippen molar-refractivity contribution in [2.24, 2.45) is 5.92 Å². The minimum absolute atomic E-state index is 0. The number of nitrogens with zero attached hydrogens (tertiary/aromatic N) is 1. The molecule has 3 aliphatic heterocycles. The molecular weight excluding hydrogens is 370 g/mol. The summed E-state index contributed by atoms with van der Waals surface area (Å²) >= 11 is 0. The highest BCUT2D eigenvalue weighted by Gasteiger charge is 2.38. The van der Waals surface area contributed by atoms with Crippen molar-refractivity contribution in [1.82, 2.24) is 10.6 Å². The zero-order valence-electron chi connectivity index (χ0n) is 15.4. The molecule has 3 aliphatic rings. The Morgan fingerprint density at radius 3 is 2.78 bits per heavy atom. The molecule has 1 aromatic carbocycles. The van der Waals surface area contributed by atoms with Crippen LogP contribution in [0.1, 0.15) is 26.2 Å². The van der Waals surface area contributed by atoms with E-state index in [9.17, 15) is 9.59 Å². The van der Waals surface area contributed by atoms with Crippen LogP contribution in [-0.2, 0) is 9.59 Å². The highest BCUT2D eigenvalue weighted by molar-refractivity contribution is 6.09. The Bertz CT molecular complexity index is 714. The van der Waals surface area contributed by atoms with Gasteiger partial charge in [-0.15, -0.1) is 12.4 Å². The van der Waals surface area contributed by atoms with Crippen molar-refractivity contribution in [2.45, 2.75) is 38.3 Å². The van der Waals surface area contributed by atoms with Crippen LogP contribution in [0.3, 0.4) is 0 Å². The van der Waals surface area contributed by atoms with Crippen molar-refractivity contribution in [2.75, 3.05) is 31.2 Å². The van der Waals surface area contributed by atoms with E-state index in [4.69, 9.17) is 9.47 Å². The summed E-state index contributed by atoms with van der Waals surface area (Å²) < 4.78 is 11.1. The number of carbonyl (C=O) groups is 2. The largest absolute Gasteiger partial charge is 0.486 e. The summed E-state index contributed by atoms with van der Waals surface area (Å²) in [5.74, 6) is 0.461. The van der Waals surface area contributed by atoms with E-state index in [0.29, 0.717) is 43.7 Å². The Balaban J connectivity index is 0.00000210. The average molecular weight is 396 g/mol. The second kappa shape index (κ2) is 8.35. The smallest absolute Gasteiger partial charge is 0.239 e. The lowest BCUT2D eigenvalue weighted by molar-refractivity contribution is -0.132. The third-order valence-electron chi connectivity index (χ3n) is 5.33. The molecule has 0 spiro atoms. The summed E-state index contributed by atoms with van der Waals surface area (Å²) in [4.78, 5) is 27.1. The maximum Gasteiger partial charge on any atom is 0.239 e. The number of ether oxygens (including phenoxy) is 2. The quantitative estimate of drug-likeness (QED) is 0.758. The summed E-state index contributed by atoms with van der Waals surface area (Å²) in [6, 6.07) is 6.03. The molecule has 2 fully saturated rings. The number of hydrogen-bond donors (Lipinski definition) is 2. The van der Waals surface area contributed by atoms with Crippen molar-refractivity contribution < 1.29 is 19.1 Å². The molecule has 0 bridgehead atoms. The zero-order valence-corrected chi connectivity index (χ0v) is 16.2. The maximum atomic E-state index is 12.8. The standard InChI is InChI=1S/C19H25N3O4.ClH/c1-12-10-13(4-6-20-12)21-18(23)15-5-7-22(19(15)24)14-2-3-16-17(11-14)26-9-8-25-16;/h2-3,11-13,15,20H,4-10H2,1H3,(H,21,23);1H. The molecule has 2 saturated heterocycles. The predicted octanol–water partition coefficient (Wildman–Crippen LogP) is 1.49. The molecule has 3 atom stereocenters. The number of anilines is 1. The van der Waals surface area contributed by atoms with E-state index in [1.807, 2.05) is 18.2 Å². The van der Waals surface area contributed by atoms with Crippen LogP contribution in [0, 0.1) is 5.92 Å². The molecule has 3 unspecified atom stereocenters. The van der Waals surface area contributed by atoms with E-state index in [1.165, 1.54) is 0 Å². The van der Waals surface area contributed by atoms with Crippen LogP contribution in [0.5, 0.6) is 11.5 Å². The minimum Gasteiger partial charge on any atom is -0.486 e. The average Bonchev–Trinajstić information content (AvgIpc) is 3.03. The zero-order chi connectivity index (χ0) is 18.1. The van der Waals surface area contributed by atoms with Gasteiger partial charge in [-0.1, -0.05) is 0 Å². The van der Waals surface area contributed by atoms with Crippen molar-refractivity contribution in [3.8, 4) is 11.5 Å². The Hall–Kier alpha value is -1.99. The minimum atomic E-state index is -0.603. The van der Waals surface area contributed by atoms with Crippen molar-refractivity contribution in [1.29, 1.82) is 0 Å². The summed E-state index contributed by atoms with van der Waals surface area (Å²) in [5.41, 5.74) is 0.755. The van der Waals surface area contributed by atoms with Gasteiger partial charge in [-0.05, 0) is 44.9 Å². The van der Waals surface area contributed by atoms with Gasteiger partial charge >= 0.3 is 0 Å². The fourth-order valence-electron chi connectivity index (χ4n) is 3.94. The molecular formula is C19H26ClN3O4. The fourth-order valence-corrected chi connectivity index (χ4v) is 3.94. The second-order valence-electron chi connectivity index (χ2n) is 7.24. The van der Waals surface area contributed by atoms with Crippen LogP contribution < -0.4 is 25.0 Å². The third kappa shape index (κ3) is 4.14. The molecule has 7 nitrogen and oxygen atoms in total. The van der Waals surface area contributed by atoms with E-state index in [1.54, 1.807) is 4.90 Å². The normalized spacial score (nSPS) is 27.1. The predicted molar refractivity (Wildman–Crippen MR) is 104 cm³/mol. The third-order valence-corrected chi connectivity index (χ3v) is 5.33. The molecule has 27 heavy (non-hydrogen) atoms. The van der Waals surface area contributed by atoms with Crippen LogP contribution >= 0.6 is 12.4 Å². The van der Waals surface area contributed by atoms with Crippen LogP contribution in [0.2, 0.25) is 0 Å². The summed E-state index contributed by atoms with van der Waals surface area (Å²) in [6.45, 7) is 4.59. The number of halogens is 1. The van der Waals surface area contributed by atoms with Crippen LogP contribution in [0.15, 0.2) is 18.2 Å². The number of benzene rings is 1. The highest BCUT2D eigenvalue weighted by Crippen LogP contribution is 2.36. The Kier molecular flexibility index (Phi) is 6.11. The van der Waals surface area contributed by atoms with Gasteiger partial charge in [0.1, 0.15) is 19.1 Å². The molecule has 8 heteroatoms. The van der Waals surface area contributed by atoms with Gasteiger partial charge in [-0.2, -0.15) is 0 Å². The SMILES string of the molecule is CC1CC(NC(=O)C2CCN(c3ccc4c(c3)OCCO4)C2=O)CCN1.Cl. The van der Waals surface area contributed by atoms with Gasteiger partial charge in [-0.3, -0.25) is 9.59 Å². The lowest BCUT2D eigenvalue weighted by Gasteiger charge is -2.29. The van der Waals surface area contributed by atoms with E-state index in [0.717, 1.165) is 25.1 Å². The molecule has 1 aromatic rings. The fraction of sp³-hybridized carbons (Fsp3) is 0.579. The van der Waals surface area contributed by atoms with Gasteiger partial charge in [0.25, 0.3) is 0 Å². The van der Waals surface area contributed by atoms with Crippen LogP contribution in [0.25, 0.3) is 0 Å². The first kappa shape index (κ1) is 19.8. The van der Waals surface area contributed by atoms with Crippen molar-refractivity contribution >= 4 is 29.9 Å². The second-order valence-corrected chi connectivity index (χ2v) is 7.24. The number of amides is 2. The summed E-state index contributed by atoms with van der Waals surface area (Å²) in [7, 11) is 0. The Morgan fingerprint density at radius 2 is 2.00 bits per heavy atom. The van der Waals surface area contributed by atoms with E-state index in [2.05, 4.69) is 17.6 Å². The van der Waals surface area contributed by atoms with Crippen molar-refractivity contribution in [3.05, 3.63) is 18.2 Å². The molecule has 148 valence electrons. The molecule has 3 heterocycles. The number of hydrogen-bond acceptors (Lipinski definition) is 5. The first-order valence-corrected chi connectivity index (χ1v) is 9.36. The van der Waals surface area contributed by atoms with Crippen LogP contribution in [-0.4, -0.2) is 50.2 Å². The number of carbonyl (C=O) groups excluding carboxylic acids is 2. The molecule has 0 radical (unpaired) electrons. The molecule has 2 N–H and O–H groups in total. The van der Waals surface area contributed by atoms with Gasteiger partial charge in [-0.25, -0.2) is 0 Å². The van der Waals surface area contributed by atoms with E-state index >= 15 is 0 Å². The van der Waals surface area contributed by atoms with Gasteiger partial charge in [0, 0.05) is 30.4 Å². The topological polar surface area (TPSA) is 79.9 Å². The van der Waals surface area contributed by atoms with E-state index in [-0.39, 0.29) is 30.3 Å². The summed E-state index contributed by atoms with van der Waals surface area (Å²) in [5, 5.41) is 6.44. The monoisotopic (exact) mass is 395 g/mol. The summed E-state index contributed by atoms with van der Waals surface area (Å²) in [6.07, 6.45) is 2.35. The first-order chi connectivity index (χ1) is 12.6. The van der Waals surface area contributed by atoms with Crippen molar-refractivity contribution in [3.63, 3.8) is 0 Å². The van der Waals surface area contributed by atoms with Gasteiger partial charge in [0.2, 0.25) is 11.8 Å². The van der Waals surface area contributed by atoms with E-state index < -0.39 is 5.92 Å². The molecule has 4 rings (SSSR count). The number of piperidine rings is 1. The molecule has 2 amide bonds. The number of rotatable bonds is 3. The highest BCUT2D eigenvalue weighted by atomic mass is 35.5. The first-order valence-electron chi connectivity index (χ1n) is 9.36. The number of fused-ring (bicyclic) bond motifs is 1.